The number of aryl methyl sites for hydroxylation is 4. The molecule has 0 aliphatic heterocycles. The van der Waals surface area contributed by atoms with Gasteiger partial charge in [0.15, 0.2) is 5.65 Å². The fourth-order valence-corrected chi connectivity index (χ4v) is 4.20. The Morgan fingerprint density at radius 2 is 1.68 bits per heavy atom. The number of aromatic nitrogens is 5. The van der Waals surface area contributed by atoms with Crippen molar-refractivity contribution in [2.24, 2.45) is 0 Å². The van der Waals surface area contributed by atoms with E-state index in [9.17, 15) is 0 Å². The molecule has 0 radical (unpaired) electrons. The van der Waals surface area contributed by atoms with Crippen LogP contribution in [-0.4, -0.2) is 24.7 Å². The topological polar surface area (TPSA) is 80.5 Å². The zero-order valence-corrected chi connectivity index (χ0v) is 19.8. The number of pyridine rings is 1. The lowest BCUT2D eigenvalue weighted by Gasteiger charge is -2.14. The molecular weight excluding hydrogens is 422 g/mol. The van der Waals surface area contributed by atoms with Gasteiger partial charge in [0.1, 0.15) is 18.0 Å². The molecule has 34 heavy (non-hydrogen) atoms. The first kappa shape index (κ1) is 21.6. The van der Waals surface area contributed by atoms with Crippen LogP contribution in [0.1, 0.15) is 29.4 Å². The molecule has 0 atom stereocenters. The highest BCUT2D eigenvalue weighted by molar-refractivity contribution is 5.86. The van der Waals surface area contributed by atoms with Crippen molar-refractivity contribution in [2.75, 3.05) is 10.6 Å². The number of rotatable bonds is 6. The monoisotopic (exact) mass is 449 g/mol. The van der Waals surface area contributed by atoms with E-state index in [0.29, 0.717) is 0 Å². The summed E-state index contributed by atoms with van der Waals surface area (Å²) in [6.45, 7) is 8.24. The molecule has 0 spiro atoms. The van der Waals surface area contributed by atoms with E-state index < -0.39 is 0 Å². The smallest absolute Gasteiger partial charge is 0.165 e. The Labute approximate surface area is 198 Å². The summed E-state index contributed by atoms with van der Waals surface area (Å²) < 4.78 is 1.92. The van der Waals surface area contributed by atoms with Gasteiger partial charge in [0.05, 0.1) is 11.4 Å². The summed E-state index contributed by atoms with van der Waals surface area (Å²) in [5, 5.41) is 12.8. The zero-order valence-electron chi connectivity index (χ0n) is 19.8. The molecule has 2 aromatic carbocycles. The molecule has 0 fully saturated rings. The average Bonchev–Trinajstić information content (AvgIpc) is 3.16. The largest absolute Gasteiger partial charge is 0.340 e. The van der Waals surface area contributed by atoms with E-state index in [2.05, 4.69) is 58.7 Å². The molecule has 2 N–H and O–H groups in total. The molecule has 0 amide bonds. The molecule has 7 nitrogen and oxygen atoms in total. The standard InChI is InChI=1S/C27H27N7/c1-5-20-11-12-21(30-24-14-18(3)28-16-29-24)15-23(20)31-25-13-17(2)26-19(4)33-34(27(26)32-25)22-9-7-6-8-10-22/h6-16H,5H2,1-4H3,(H,31,32)(H,28,29,30). The quantitative estimate of drug-likeness (QED) is 0.322. The van der Waals surface area contributed by atoms with E-state index in [1.807, 2.05) is 54.9 Å². The van der Waals surface area contributed by atoms with Crippen LogP contribution in [0, 0.1) is 20.8 Å². The van der Waals surface area contributed by atoms with Gasteiger partial charge < -0.3 is 10.6 Å². The van der Waals surface area contributed by atoms with Crippen molar-refractivity contribution in [1.82, 2.24) is 24.7 Å². The number of nitrogens with one attached hydrogen (secondary N) is 2. The predicted octanol–water partition coefficient (Wildman–Crippen LogP) is 6.19. The van der Waals surface area contributed by atoms with E-state index in [1.54, 1.807) is 6.33 Å². The van der Waals surface area contributed by atoms with Crippen LogP contribution >= 0.6 is 0 Å². The van der Waals surface area contributed by atoms with E-state index in [0.717, 1.165) is 63.1 Å². The van der Waals surface area contributed by atoms with E-state index in [1.165, 1.54) is 5.56 Å². The number of benzene rings is 2. The molecule has 7 heteroatoms. The molecule has 0 saturated heterocycles. The molecular formula is C27H27N7. The van der Waals surface area contributed by atoms with E-state index in [-0.39, 0.29) is 0 Å². The fourth-order valence-electron chi connectivity index (χ4n) is 4.20. The second-order valence-electron chi connectivity index (χ2n) is 8.38. The van der Waals surface area contributed by atoms with Crippen LogP contribution in [0.3, 0.4) is 0 Å². The van der Waals surface area contributed by atoms with Crippen LogP contribution in [0.5, 0.6) is 0 Å². The lowest BCUT2D eigenvalue weighted by Crippen LogP contribution is -2.03. The molecule has 0 unspecified atom stereocenters. The van der Waals surface area contributed by atoms with Gasteiger partial charge in [-0.3, -0.25) is 0 Å². The Balaban J connectivity index is 1.53. The molecule has 0 aliphatic rings. The van der Waals surface area contributed by atoms with Crippen molar-refractivity contribution in [3.05, 3.63) is 89.5 Å². The maximum absolute atomic E-state index is 4.98. The average molecular weight is 450 g/mol. The Morgan fingerprint density at radius 3 is 2.44 bits per heavy atom. The summed E-state index contributed by atoms with van der Waals surface area (Å²) in [5.41, 5.74) is 8.01. The predicted molar refractivity (Wildman–Crippen MR) is 137 cm³/mol. The zero-order chi connectivity index (χ0) is 23.7. The van der Waals surface area contributed by atoms with Gasteiger partial charge in [-0.2, -0.15) is 5.10 Å². The molecule has 3 aromatic heterocycles. The van der Waals surface area contributed by atoms with Gasteiger partial charge in [0.2, 0.25) is 0 Å². The van der Waals surface area contributed by atoms with Gasteiger partial charge in [-0.25, -0.2) is 19.6 Å². The van der Waals surface area contributed by atoms with Gasteiger partial charge in [-0.1, -0.05) is 31.2 Å². The van der Waals surface area contributed by atoms with Crippen LogP contribution in [0.15, 0.2) is 67.0 Å². The van der Waals surface area contributed by atoms with Gasteiger partial charge in [-0.15, -0.1) is 0 Å². The number of anilines is 4. The first-order chi connectivity index (χ1) is 16.5. The minimum absolute atomic E-state index is 0.764. The minimum Gasteiger partial charge on any atom is -0.340 e. The third-order valence-corrected chi connectivity index (χ3v) is 5.84. The third-order valence-electron chi connectivity index (χ3n) is 5.84. The molecule has 0 aliphatic carbocycles. The van der Waals surface area contributed by atoms with Crippen molar-refractivity contribution in [1.29, 1.82) is 0 Å². The SMILES string of the molecule is CCc1ccc(Nc2cc(C)ncn2)cc1Nc1cc(C)c2c(C)nn(-c3ccccc3)c2n1. The van der Waals surface area contributed by atoms with Gasteiger partial charge in [0.25, 0.3) is 0 Å². The summed E-state index contributed by atoms with van der Waals surface area (Å²) in [6, 6.07) is 20.4. The Hall–Kier alpha value is -4.26. The lowest BCUT2D eigenvalue weighted by atomic mass is 10.1. The maximum atomic E-state index is 4.98. The summed E-state index contributed by atoms with van der Waals surface area (Å²) in [6.07, 6.45) is 2.47. The Kier molecular flexibility index (Phi) is 5.67. The number of fused-ring (bicyclic) bond motifs is 1. The summed E-state index contributed by atoms with van der Waals surface area (Å²) >= 11 is 0. The number of para-hydroxylation sites is 1. The van der Waals surface area contributed by atoms with Crippen LogP contribution in [0.4, 0.5) is 23.0 Å². The minimum atomic E-state index is 0.764. The maximum Gasteiger partial charge on any atom is 0.165 e. The van der Waals surface area contributed by atoms with Gasteiger partial charge in [0, 0.05) is 28.5 Å². The van der Waals surface area contributed by atoms with Crippen molar-refractivity contribution in [3.63, 3.8) is 0 Å². The van der Waals surface area contributed by atoms with Crippen LogP contribution in [-0.2, 0) is 6.42 Å². The summed E-state index contributed by atoms with van der Waals surface area (Å²) in [5.74, 6) is 1.55. The highest BCUT2D eigenvalue weighted by atomic mass is 15.3. The van der Waals surface area contributed by atoms with Crippen molar-refractivity contribution < 1.29 is 0 Å². The molecule has 170 valence electrons. The summed E-state index contributed by atoms with van der Waals surface area (Å²) in [4.78, 5) is 13.5. The second-order valence-corrected chi connectivity index (χ2v) is 8.38. The number of nitrogens with zero attached hydrogens (tertiary/aromatic N) is 5. The highest BCUT2D eigenvalue weighted by Gasteiger charge is 2.15. The Morgan fingerprint density at radius 1 is 0.853 bits per heavy atom. The normalized spacial score (nSPS) is 11.1. The van der Waals surface area contributed by atoms with E-state index in [4.69, 9.17) is 10.1 Å². The van der Waals surface area contributed by atoms with Gasteiger partial charge in [-0.05, 0) is 68.7 Å². The number of hydrogen-bond acceptors (Lipinski definition) is 6. The third kappa shape index (κ3) is 4.20. The highest BCUT2D eigenvalue weighted by Crippen LogP contribution is 2.30. The molecule has 3 heterocycles. The molecule has 5 aromatic rings. The van der Waals surface area contributed by atoms with Crippen LogP contribution in [0.2, 0.25) is 0 Å². The number of hydrogen-bond donors (Lipinski definition) is 2. The molecule has 5 rings (SSSR count). The van der Waals surface area contributed by atoms with E-state index >= 15 is 0 Å². The first-order valence-electron chi connectivity index (χ1n) is 11.4. The van der Waals surface area contributed by atoms with Crippen molar-refractivity contribution in [3.8, 4) is 5.69 Å². The first-order valence-corrected chi connectivity index (χ1v) is 11.4. The van der Waals surface area contributed by atoms with Gasteiger partial charge >= 0.3 is 0 Å². The van der Waals surface area contributed by atoms with Crippen molar-refractivity contribution in [2.45, 2.75) is 34.1 Å². The van der Waals surface area contributed by atoms with Crippen molar-refractivity contribution >= 4 is 34.0 Å². The fraction of sp³-hybridized carbons (Fsp3) is 0.185. The Bertz CT molecular complexity index is 1470. The molecule has 0 bridgehead atoms. The van der Waals surface area contributed by atoms with Crippen LogP contribution < -0.4 is 10.6 Å². The lowest BCUT2D eigenvalue weighted by molar-refractivity contribution is 0.878. The van der Waals surface area contributed by atoms with Crippen LogP contribution in [0.25, 0.3) is 16.7 Å². The second kappa shape index (κ2) is 8.94. The molecule has 0 saturated carbocycles. The summed E-state index contributed by atoms with van der Waals surface area (Å²) in [7, 11) is 0.